The van der Waals surface area contributed by atoms with Crippen LogP contribution in [0, 0.1) is 6.92 Å². The Kier molecular flexibility index (Phi) is 3.18. The van der Waals surface area contributed by atoms with Gasteiger partial charge in [-0.1, -0.05) is 17.7 Å². The summed E-state index contributed by atoms with van der Waals surface area (Å²) in [5, 5.41) is 2.08. The Morgan fingerprint density at radius 2 is 2.20 bits per heavy atom. The van der Waals surface area contributed by atoms with E-state index < -0.39 is 0 Å². The Balaban J connectivity index is 2.26. The molecule has 0 atom stereocenters. The van der Waals surface area contributed by atoms with Crippen molar-refractivity contribution in [1.82, 2.24) is 15.0 Å². The second-order valence-electron chi connectivity index (χ2n) is 2.91. The SMILES string of the molecule is Cc1cccnc1Sc1cncc(Cl)n1. The van der Waals surface area contributed by atoms with Crippen LogP contribution in [0.2, 0.25) is 5.15 Å². The molecule has 0 radical (unpaired) electrons. The predicted molar refractivity (Wildman–Crippen MR) is 60.1 cm³/mol. The molecule has 0 aliphatic rings. The fraction of sp³-hybridized carbons (Fsp3) is 0.100. The van der Waals surface area contributed by atoms with Crippen molar-refractivity contribution in [3.8, 4) is 0 Å². The summed E-state index contributed by atoms with van der Waals surface area (Å²) in [7, 11) is 0. The third kappa shape index (κ3) is 2.67. The molecule has 0 aliphatic heterocycles. The molecule has 0 unspecified atom stereocenters. The lowest BCUT2D eigenvalue weighted by atomic mass is 10.3. The average Bonchev–Trinajstić information content (AvgIpc) is 2.22. The van der Waals surface area contributed by atoms with E-state index in [4.69, 9.17) is 11.6 Å². The highest BCUT2D eigenvalue weighted by Gasteiger charge is 2.03. The van der Waals surface area contributed by atoms with Crippen LogP contribution >= 0.6 is 23.4 Å². The molecule has 76 valence electrons. The number of aromatic nitrogens is 3. The average molecular weight is 238 g/mol. The van der Waals surface area contributed by atoms with Crippen molar-refractivity contribution in [3.05, 3.63) is 41.4 Å². The van der Waals surface area contributed by atoms with E-state index in [9.17, 15) is 0 Å². The van der Waals surface area contributed by atoms with Crippen LogP contribution in [0.4, 0.5) is 0 Å². The Morgan fingerprint density at radius 1 is 1.33 bits per heavy atom. The van der Waals surface area contributed by atoms with E-state index in [0.29, 0.717) is 5.15 Å². The topological polar surface area (TPSA) is 38.7 Å². The van der Waals surface area contributed by atoms with Gasteiger partial charge in [0.05, 0.1) is 12.4 Å². The number of rotatable bonds is 2. The van der Waals surface area contributed by atoms with E-state index in [1.54, 1.807) is 12.4 Å². The van der Waals surface area contributed by atoms with Crippen LogP contribution in [0.25, 0.3) is 0 Å². The van der Waals surface area contributed by atoms with Gasteiger partial charge in [-0.25, -0.2) is 9.97 Å². The van der Waals surface area contributed by atoms with Gasteiger partial charge in [-0.3, -0.25) is 4.98 Å². The molecule has 0 aromatic carbocycles. The molecule has 0 amide bonds. The summed E-state index contributed by atoms with van der Waals surface area (Å²) in [6.07, 6.45) is 4.94. The van der Waals surface area contributed by atoms with Crippen molar-refractivity contribution in [1.29, 1.82) is 0 Å². The van der Waals surface area contributed by atoms with E-state index in [1.165, 1.54) is 18.0 Å². The summed E-state index contributed by atoms with van der Waals surface area (Å²) >= 11 is 7.20. The van der Waals surface area contributed by atoms with Crippen molar-refractivity contribution in [3.63, 3.8) is 0 Å². The van der Waals surface area contributed by atoms with Crippen LogP contribution in [-0.4, -0.2) is 15.0 Å². The van der Waals surface area contributed by atoms with Gasteiger partial charge < -0.3 is 0 Å². The Labute approximate surface area is 96.9 Å². The van der Waals surface area contributed by atoms with Crippen molar-refractivity contribution >= 4 is 23.4 Å². The number of pyridine rings is 1. The van der Waals surface area contributed by atoms with E-state index >= 15 is 0 Å². The van der Waals surface area contributed by atoms with Crippen LogP contribution in [0.15, 0.2) is 40.8 Å². The van der Waals surface area contributed by atoms with E-state index in [0.717, 1.165) is 15.6 Å². The zero-order valence-electron chi connectivity index (χ0n) is 8.01. The summed E-state index contributed by atoms with van der Waals surface area (Å²) in [5.41, 5.74) is 1.12. The highest BCUT2D eigenvalue weighted by atomic mass is 35.5. The molecule has 0 saturated carbocycles. The van der Waals surface area contributed by atoms with Gasteiger partial charge in [0.15, 0.2) is 0 Å². The third-order valence-corrected chi connectivity index (χ3v) is 2.95. The molecule has 0 N–H and O–H groups in total. The molecule has 3 nitrogen and oxygen atoms in total. The lowest BCUT2D eigenvalue weighted by molar-refractivity contribution is 1.03. The first kappa shape index (κ1) is 10.4. The molecule has 0 fully saturated rings. The monoisotopic (exact) mass is 237 g/mol. The zero-order chi connectivity index (χ0) is 10.7. The maximum atomic E-state index is 5.74. The van der Waals surface area contributed by atoms with Gasteiger partial charge in [0.2, 0.25) is 0 Å². The largest absolute Gasteiger partial charge is 0.259 e. The fourth-order valence-electron chi connectivity index (χ4n) is 1.05. The van der Waals surface area contributed by atoms with Crippen molar-refractivity contribution < 1.29 is 0 Å². The summed E-state index contributed by atoms with van der Waals surface area (Å²) < 4.78 is 0. The molecular formula is C10H8ClN3S. The zero-order valence-corrected chi connectivity index (χ0v) is 9.59. The van der Waals surface area contributed by atoms with Gasteiger partial charge in [-0.05, 0) is 30.3 Å². The molecule has 15 heavy (non-hydrogen) atoms. The molecule has 2 heterocycles. The number of halogens is 1. The van der Waals surface area contributed by atoms with E-state index in [-0.39, 0.29) is 0 Å². The maximum Gasteiger partial charge on any atom is 0.148 e. The predicted octanol–water partition coefficient (Wildman–Crippen LogP) is 2.98. The van der Waals surface area contributed by atoms with Crippen LogP contribution in [0.1, 0.15) is 5.56 Å². The van der Waals surface area contributed by atoms with Crippen LogP contribution in [-0.2, 0) is 0 Å². The molecule has 5 heteroatoms. The highest BCUT2D eigenvalue weighted by molar-refractivity contribution is 7.99. The van der Waals surface area contributed by atoms with Crippen LogP contribution in [0.5, 0.6) is 0 Å². The Bertz CT molecular complexity index is 476. The van der Waals surface area contributed by atoms with E-state index in [2.05, 4.69) is 15.0 Å². The molecule has 2 rings (SSSR count). The minimum absolute atomic E-state index is 0.397. The molecule has 0 aliphatic carbocycles. The molecule has 0 saturated heterocycles. The Morgan fingerprint density at radius 3 is 2.93 bits per heavy atom. The van der Waals surface area contributed by atoms with Gasteiger partial charge >= 0.3 is 0 Å². The highest BCUT2D eigenvalue weighted by Crippen LogP contribution is 2.26. The molecular weight excluding hydrogens is 230 g/mol. The molecule has 0 spiro atoms. The molecule has 2 aromatic rings. The first-order chi connectivity index (χ1) is 7.25. The maximum absolute atomic E-state index is 5.74. The lowest BCUT2D eigenvalue weighted by Crippen LogP contribution is -1.87. The van der Waals surface area contributed by atoms with Crippen molar-refractivity contribution in [2.45, 2.75) is 17.0 Å². The van der Waals surface area contributed by atoms with Gasteiger partial charge in [0.1, 0.15) is 15.2 Å². The fourth-order valence-corrected chi connectivity index (χ4v) is 2.05. The minimum Gasteiger partial charge on any atom is -0.259 e. The summed E-state index contributed by atoms with van der Waals surface area (Å²) in [4.78, 5) is 12.4. The van der Waals surface area contributed by atoms with Crippen LogP contribution in [0.3, 0.4) is 0 Å². The smallest absolute Gasteiger partial charge is 0.148 e. The standard InChI is InChI=1S/C10H8ClN3S/c1-7-3-2-4-13-10(7)15-9-6-12-5-8(11)14-9/h2-6H,1H3. The molecule has 0 bridgehead atoms. The number of hydrogen-bond acceptors (Lipinski definition) is 4. The van der Waals surface area contributed by atoms with Crippen molar-refractivity contribution in [2.75, 3.05) is 0 Å². The second kappa shape index (κ2) is 4.59. The quantitative estimate of drug-likeness (QED) is 0.805. The lowest BCUT2D eigenvalue weighted by Gasteiger charge is -2.02. The first-order valence-electron chi connectivity index (χ1n) is 4.33. The van der Waals surface area contributed by atoms with Gasteiger partial charge in [-0.15, -0.1) is 0 Å². The minimum atomic E-state index is 0.397. The summed E-state index contributed by atoms with van der Waals surface area (Å²) in [5.74, 6) is 0. The van der Waals surface area contributed by atoms with Crippen molar-refractivity contribution in [2.24, 2.45) is 0 Å². The Hall–Kier alpha value is -1.13. The third-order valence-electron chi connectivity index (χ3n) is 1.75. The molecule has 2 aromatic heterocycles. The van der Waals surface area contributed by atoms with Gasteiger partial charge in [0.25, 0.3) is 0 Å². The van der Waals surface area contributed by atoms with Gasteiger partial charge in [-0.2, -0.15) is 0 Å². The first-order valence-corrected chi connectivity index (χ1v) is 5.52. The van der Waals surface area contributed by atoms with E-state index in [1.807, 2.05) is 19.1 Å². The van der Waals surface area contributed by atoms with Crippen LogP contribution < -0.4 is 0 Å². The number of hydrogen-bond donors (Lipinski definition) is 0. The normalized spacial score (nSPS) is 10.3. The summed E-state index contributed by atoms with van der Waals surface area (Å²) in [6, 6.07) is 3.91. The van der Waals surface area contributed by atoms with Gasteiger partial charge in [0, 0.05) is 6.20 Å². The summed E-state index contributed by atoms with van der Waals surface area (Å²) in [6.45, 7) is 2.01. The second-order valence-corrected chi connectivity index (χ2v) is 4.30. The number of aryl methyl sites for hydroxylation is 1. The number of nitrogens with zero attached hydrogens (tertiary/aromatic N) is 3.